The Kier molecular flexibility index (Phi) is 3.55. The number of aliphatic hydroxyl groups is 1. The summed E-state index contributed by atoms with van der Waals surface area (Å²) in [6.07, 6.45) is 6.98. The Morgan fingerprint density at radius 1 is 1.31 bits per heavy atom. The molecule has 0 saturated heterocycles. The van der Waals surface area contributed by atoms with E-state index in [9.17, 15) is 0 Å². The van der Waals surface area contributed by atoms with E-state index in [1.807, 2.05) is 6.08 Å². The maximum atomic E-state index is 8.77. The molecule has 1 nitrogen and oxygen atoms in total. The zero-order chi connectivity index (χ0) is 9.90. The van der Waals surface area contributed by atoms with Crippen LogP contribution in [0.15, 0.2) is 11.6 Å². The van der Waals surface area contributed by atoms with Gasteiger partial charge in [-0.15, -0.1) is 0 Å². The van der Waals surface area contributed by atoms with E-state index in [1.54, 1.807) is 0 Å². The molecular formula is C12H22O. The van der Waals surface area contributed by atoms with Crippen molar-refractivity contribution < 1.29 is 5.11 Å². The second-order valence-corrected chi connectivity index (χ2v) is 5.19. The Hall–Kier alpha value is -0.300. The molecule has 1 rings (SSSR count). The Morgan fingerprint density at radius 2 is 1.85 bits per heavy atom. The predicted octanol–water partition coefficient (Wildman–Crippen LogP) is 3.14. The first-order valence-electron chi connectivity index (χ1n) is 5.33. The average molecular weight is 182 g/mol. The van der Waals surface area contributed by atoms with Gasteiger partial charge in [0.05, 0.1) is 6.61 Å². The first-order chi connectivity index (χ1) is 6.04. The predicted molar refractivity (Wildman–Crippen MR) is 56.6 cm³/mol. The van der Waals surface area contributed by atoms with Crippen LogP contribution >= 0.6 is 0 Å². The highest BCUT2D eigenvalue weighted by atomic mass is 16.2. The first kappa shape index (κ1) is 10.8. The molecule has 1 saturated carbocycles. The number of hydrogen-bond donors (Lipinski definition) is 1. The lowest BCUT2D eigenvalue weighted by molar-refractivity contribution is 0.196. The quantitative estimate of drug-likeness (QED) is 0.618. The van der Waals surface area contributed by atoms with Gasteiger partial charge in [-0.05, 0) is 37.0 Å². The van der Waals surface area contributed by atoms with Crippen molar-refractivity contribution in [2.45, 2.75) is 46.5 Å². The summed E-state index contributed by atoms with van der Waals surface area (Å²) in [5.74, 6) is 0.864. The Morgan fingerprint density at radius 3 is 2.23 bits per heavy atom. The topological polar surface area (TPSA) is 20.2 Å². The molecule has 0 bridgehead atoms. The molecule has 76 valence electrons. The van der Waals surface area contributed by atoms with Gasteiger partial charge in [0.2, 0.25) is 0 Å². The SMILES string of the molecule is CC(C)(C)C1CCC(=CCO)CC1. The van der Waals surface area contributed by atoms with E-state index in [0.717, 1.165) is 5.92 Å². The minimum Gasteiger partial charge on any atom is -0.392 e. The van der Waals surface area contributed by atoms with Crippen LogP contribution in [0.1, 0.15) is 46.5 Å². The van der Waals surface area contributed by atoms with E-state index >= 15 is 0 Å². The monoisotopic (exact) mass is 182 g/mol. The largest absolute Gasteiger partial charge is 0.392 e. The van der Waals surface area contributed by atoms with Gasteiger partial charge >= 0.3 is 0 Å². The smallest absolute Gasteiger partial charge is 0.0615 e. The lowest BCUT2D eigenvalue weighted by atomic mass is 9.71. The fourth-order valence-corrected chi connectivity index (χ4v) is 2.19. The van der Waals surface area contributed by atoms with E-state index in [2.05, 4.69) is 20.8 Å². The van der Waals surface area contributed by atoms with E-state index < -0.39 is 0 Å². The Bertz CT molecular complexity index is 176. The van der Waals surface area contributed by atoms with Gasteiger partial charge in [-0.3, -0.25) is 0 Å². The van der Waals surface area contributed by atoms with Gasteiger partial charge in [-0.2, -0.15) is 0 Å². The van der Waals surface area contributed by atoms with Crippen molar-refractivity contribution >= 4 is 0 Å². The molecule has 0 aromatic rings. The summed E-state index contributed by atoms with van der Waals surface area (Å²) >= 11 is 0. The van der Waals surface area contributed by atoms with Crippen molar-refractivity contribution in [3.63, 3.8) is 0 Å². The lowest BCUT2D eigenvalue weighted by Gasteiger charge is -2.34. The van der Waals surface area contributed by atoms with Crippen LogP contribution in [0.2, 0.25) is 0 Å². The van der Waals surface area contributed by atoms with Gasteiger partial charge < -0.3 is 5.11 Å². The van der Waals surface area contributed by atoms with Crippen molar-refractivity contribution in [2.24, 2.45) is 11.3 Å². The first-order valence-corrected chi connectivity index (χ1v) is 5.33. The molecule has 0 spiro atoms. The molecule has 1 fully saturated rings. The third kappa shape index (κ3) is 3.15. The van der Waals surface area contributed by atoms with Crippen LogP contribution in [0.5, 0.6) is 0 Å². The number of rotatable bonds is 1. The molecule has 1 aliphatic rings. The van der Waals surface area contributed by atoms with Crippen LogP contribution in [-0.4, -0.2) is 11.7 Å². The van der Waals surface area contributed by atoms with E-state index in [0.29, 0.717) is 5.41 Å². The van der Waals surface area contributed by atoms with Crippen LogP contribution in [-0.2, 0) is 0 Å². The summed E-state index contributed by atoms with van der Waals surface area (Å²) in [4.78, 5) is 0. The second kappa shape index (κ2) is 4.28. The maximum Gasteiger partial charge on any atom is 0.0615 e. The molecule has 1 aliphatic carbocycles. The van der Waals surface area contributed by atoms with Crippen LogP contribution in [0.4, 0.5) is 0 Å². The highest BCUT2D eigenvalue weighted by Crippen LogP contribution is 2.39. The highest BCUT2D eigenvalue weighted by Gasteiger charge is 2.27. The maximum absolute atomic E-state index is 8.77. The Balaban J connectivity index is 2.44. The number of allylic oxidation sites excluding steroid dienone is 1. The van der Waals surface area contributed by atoms with Crippen molar-refractivity contribution in [1.29, 1.82) is 0 Å². The molecule has 0 atom stereocenters. The fourth-order valence-electron chi connectivity index (χ4n) is 2.19. The van der Waals surface area contributed by atoms with Gasteiger partial charge in [-0.25, -0.2) is 0 Å². The molecule has 1 N–H and O–H groups in total. The van der Waals surface area contributed by atoms with Gasteiger partial charge in [0.1, 0.15) is 0 Å². The third-order valence-electron chi connectivity index (χ3n) is 3.23. The lowest BCUT2D eigenvalue weighted by Crippen LogP contribution is -2.23. The minimum absolute atomic E-state index is 0.218. The molecule has 0 heterocycles. The van der Waals surface area contributed by atoms with Crippen LogP contribution in [0, 0.1) is 11.3 Å². The van der Waals surface area contributed by atoms with Crippen molar-refractivity contribution in [3.8, 4) is 0 Å². The van der Waals surface area contributed by atoms with Crippen molar-refractivity contribution in [2.75, 3.05) is 6.61 Å². The number of aliphatic hydroxyl groups excluding tert-OH is 1. The minimum atomic E-state index is 0.218. The molecule has 0 aromatic carbocycles. The summed E-state index contributed by atoms with van der Waals surface area (Å²) in [5.41, 5.74) is 1.92. The molecular weight excluding hydrogens is 160 g/mol. The Labute approximate surface area is 81.9 Å². The van der Waals surface area contributed by atoms with Crippen molar-refractivity contribution in [3.05, 3.63) is 11.6 Å². The van der Waals surface area contributed by atoms with Crippen LogP contribution < -0.4 is 0 Å². The summed E-state index contributed by atoms with van der Waals surface area (Å²) < 4.78 is 0. The summed E-state index contributed by atoms with van der Waals surface area (Å²) in [7, 11) is 0. The van der Waals surface area contributed by atoms with Gasteiger partial charge in [0, 0.05) is 0 Å². The fraction of sp³-hybridized carbons (Fsp3) is 0.833. The zero-order valence-corrected chi connectivity index (χ0v) is 9.14. The van der Waals surface area contributed by atoms with Crippen molar-refractivity contribution in [1.82, 2.24) is 0 Å². The average Bonchev–Trinajstić information content (AvgIpc) is 2.04. The molecule has 1 heteroatoms. The van der Waals surface area contributed by atoms with E-state index in [4.69, 9.17) is 5.11 Å². The molecule has 0 aromatic heterocycles. The molecule has 0 aliphatic heterocycles. The van der Waals surface area contributed by atoms with Crippen LogP contribution in [0.25, 0.3) is 0 Å². The highest BCUT2D eigenvalue weighted by molar-refractivity contribution is 5.06. The second-order valence-electron chi connectivity index (χ2n) is 5.19. The molecule has 0 radical (unpaired) electrons. The van der Waals surface area contributed by atoms with E-state index in [1.165, 1.54) is 31.3 Å². The summed E-state index contributed by atoms with van der Waals surface area (Å²) in [6, 6.07) is 0. The van der Waals surface area contributed by atoms with Gasteiger partial charge in [0.25, 0.3) is 0 Å². The molecule has 0 amide bonds. The van der Waals surface area contributed by atoms with Crippen LogP contribution in [0.3, 0.4) is 0 Å². The number of hydrogen-bond acceptors (Lipinski definition) is 1. The summed E-state index contributed by atoms with van der Waals surface area (Å²) in [5, 5.41) is 8.77. The normalized spacial score (nSPS) is 24.6. The van der Waals surface area contributed by atoms with Gasteiger partial charge in [-0.1, -0.05) is 32.4 Å². The third-order valence-corrected chi connectivity index (χ3v) is 3.23. The summed E-state index contributed by atoms with van der Waals surface area (Å²) in [6.45, 7) is 7.21. The standard InChI is InChI=1S/C12H22O/c1-12(2,3)11-6-4-10(5-7-11)8-9-13/h8,11,13H,4-7,9H2,1-3H3. The molecule has 0 unspecified atom stereocenters. The molecule has 13 heavy (non-hydrogen) atoms. The zero-order valence-electron chi connectivity index (χ0n) is 9.14. The van der Waals surface area contributed by atoms with E-state index in [-0.39, 0.29) is 6.61 Å². The van der Waals surface area contributed by atoms with Gasteiger partial charge in [0.15, 0.2) is 0 Å².